The Morgan fingerprint density at radius 3 is 2.48 bits per heavy atom. The van der Waals surface area contributed by atoms with E-state index in [0.717, 1.165) is 30.4 Å². The van der Waals surface area contributed by atoms with Gasteiger partial charge in [-0.1, -0.05) is 18.6 Å². The zero-order valence-corrected chi connectivity index (χ0v) is 18.8. The van der Waals surface area contributed by atoms with Gasteiger partial charge in [-0.15, -0.1) is 0 Å². The van der Waals surface area contributed by atoms with E-state index < -0.39 is 21.8 Å². The fourth-order valence-electron chi connectivity index (χ4n) is 3.39. The van der Waals surface area contributed by atoms with E-state index in [1.165, 1.54) is 21.1 Å². The molecule has 1 fully saturated rings. The van der Waals surface area contributed by atoms with Crippen molar-refractivity contribution < 1.29 is 22.7 Å². The maximum Gasteiger partial charge on any atom is 0.286 e. The van der Waals surface area contributed by atoms with Crippen LogP contribution < -0.4 is 15.6 Å². The second-order valence-corrected chi connectivity index (χ2v) is 9.63. The molecule has 2 N–H and O–H groups in total. The van der Waals surface area contributed by atoms with Crippen LogP contribution in [0.15, 0.2) is 35.4 Å². The third kappa shape index (κ3) is 5.45. The van der Waals surface area contributed by atoms with E-state index in [1.807, 2.05) is 32.0 Å². The van der Waals surface area contributed by atoms with Crippen LogP contribution in [0, 0.1) is 13.8 Å². The highest BCUT2D eigenvalue weighted by atomic mass is 32.2. The standard InChI is InChI=1S/C21H28N4O5S/c1-15-7-8-16(2)19(11-15)30-14-20(26)22-23-21(27)18-12-17(13-24(18)3)31(28,29)25-9-5-4-6-10-25/h7-8,11-13H,4-6,9-10,14H2,1-3H3,(H,22,26)(H,23,27). The summed E-state index contributed by atoms with van der Waals surface area (Å²) in [7, 11) is -2.07. The van der Waals surface area contributed by atoms with Crippen molar-refractivity contribution in [2.75, 3.05) is 19.7 Å². The molecule has 2 amide bonds. The molecule has 0 unspecified atom stereocenters. The molecule has 0 spiro atoms. The summed E-state index contributed by atoms with van der Waals surface area (Å²) in [6, 6.07) is 6.99. The summed E-state index contributed by atoms with van der Waals surface area (Å²) < 4.78 is 34.0. The van der Waals surface area contributed by atoms with Gasteiger partial charge in [0.15, 0.2) is 6.61 Å². The highest BCUT2D eigenvalue weighted by Gasteiger charge is 2.28. The van der Waals surface area contributed by atoms with Crippen LogP contribution in [0.25, 0.3) is 0 Å². The highest BCUT2D eigenvalue weighted by Crippen LogP contribution is 2.22. The van der Waals surface area contributed by atoms with Crippen molar-refractivity contribution in [3.05, 3.63) is 47.3 Å². The van der Waals surface area contributed by atoms with Crippen molar-refractivity contribution in [2.24, 2.45) is 7.05 Å². The Morgan fingerprint density at radius 2 is 1.77 bits per heavy atom. The monoisotopic (exact) mass is 448 g/mol. The molecule has 1 aromatic carbocycles. The molecule has 0 bridgehead atoms. The van der Waals surface area contributed by atoms with Crippen molar-refractivity contribution in [3.63, 3.8) is 0 Å². The number of benzene rings is 1. The van der Waals surface area contributed by atoms with Crippen LogP contribution in [0.3, 0.4) is 0 Å². The second-order valence-electron chi connectivity index (χ2n) is 7.70. The number of ether oxygens (including phenoxy) is 1. The fraction of sp³-hybridized carbons (Fsp3) is 0.429. The Balaban J connectivity index is 1.58. The summed E-state index contributed by atoms with van der Waals surface area (Å²) in [6.45, 7) is 4.49. The Morgan fingerprint density at radius 1 is 1.06 bits per heavy atom. The lowest BCUT2D eigenvalue weighted by molar-refractivity contribution is -0.123. The normalized spacial score (nSPS) is 14.8. The third-order valence-corrected chi connectivity index (χ3v) is 7.05. The zero-order valence-electron chi connectivity index (χ0n) is 18.0. The predicted molar refractivity (Wildman–Crippen MR) is 115 cm³/mol. The minimum Gasteiger partial charge on any atom is -0.483 e. The Labute approximate surface area is 182 Å². The molecular formula is C21H28N4O5S. The summed E-state index contributed by atoms with van der Waals surface area (Å²) >= 11 is 0. The maximum atomic E-state index is 12.8. The van der Waals surface area contributed by atoms with Crippen molar-refractivity contribution in [2.45, 2.75) is 38.0 Å². The number of carbonyl (C=O) groups excluding carboxylic acids is 2. The topological polar surface area (TPSA) is 110 Å². The van der Waals surface area contributed by atoms with Gasteiger partial charge in [0.05, 0.1) is 0 Å². The SMILES string of the molecule is Cc1ccc(C)c(OCC(=O)NNC(=O)c2cc(S(=O)(=O)N3CCCCC3)cn2C)c1. The molecule has 1 saturated heterocycles. The number of hydrogen-bond donors (Lipinski definition) is 2. The Kier molecular flexibility index (Phi) is 7.01. The van der Waals surface area contributed by atoms with Crippen LogP contribution in [0.1, 0.15) is 40.9 Å². The van der Waals surface area contributed by atoms with Crippen LogP contribution in [0.4, 0.5) is 0 Å². The van der Waals surface area contributed by atoms with Gasteiger partial charge in [0.1, 0.15) is 16.3 Å². The van der Waals surface area contributed by atoms with Gasteiger partial charge < -0.3 is 9.30 Å². The largest absolute Gasteiger partial charge is 0.483 e. The molecule has 0 atom stereocenters. The van der Waals surface area contributed by atoms with E-state index in [-0.39, 0.29) is 17.2 Å². The van der Waals surface area contributed by atoms with Gasteiger partial charge in [0.2, 0.25) is 10.0 Å². The third-order valence-electron chi connectivity index (χ3n) is 5.18. The number of amides is 2. The summed E-state index contributed by atoms with van der Waals surface area (Å²) in [5, 5.41) is 0. The number of sulfonamides is 1. The van der Waals surface area contributed by atoms with Gasteiger partial charge >= 0.3 is 0 Å². The van der Waals surface area contributed by atoms with Crippen molar-refractivity contribution in [1.82, 2.24) is 19.7 Å². The fourth-order valence-corrected chi connectivity index (χ4v) is 4.98. The highest BCUT2D eigenvalue weighted by molar-refractivity contribution is 7.89. The lowest BCUT2D eigenvalue weighted by atomic mass is 10.1. The molecular weight excluding hydrogens is 420 g/mol. The summed E-state index contributed by atoms with van der Waals surface area (Å²) in [6.07, 6.45) is 4.08. The molecule has 0 saturated carbocycles. The molecule has 2 aromatic rings. The maximum absolute atomic E-state index is 12.8. The smallest absolute Gasteiger partial charge is 0.286 e. The minimum absolute atomic E-state index is 0.0617. The molecule has 0 radical (unpaired) electrons. The number of aryl methyl sites for hydroxylation is 3. The molecule has 1 aliphatic rings. The predicted octanol–water partition coefficient (Wildman–Crippen LogP) is 1.66. The van der Waals surface area contributed by atoms with E-state index >= 15 is 0 Å². The first-order valence-electron chi connectivity index (χ1n) is 10.1. The van der Waals surface area contributed by atoms with Gasteiger partial charge in [-0.3, -0.25) is 20.4 Å². The second kappa shape index (κ2) is 9.52. The van der Waals surface area contributed by atoms with E-state index in [1.54, 1.807) is 7.05 Å². The molecule has 2 heterocycles. The van der Waals surface area contributed by atoms with Crippen LogP contribution in [0.2, 0.25) is 0 Å². The van der Waals surface area contributed by atoms with E-state index in [0.29, 0.717) is 18.8 Å². The van der Waals surface area contributed by atoms with E-state index in [4.69, 9.17) is 4.74 Å². The first-order chi connectivity index (χ1) is 14.7. The average Bonchev–Trinajstić information content (AvgIpc) is 3.16. The number of carbonyl (C=O) groups is 2. The van der Waals surface area contributed by atoms with Crippen molar-refractivity contribution in [3.8, 4) is 5.75 Å². The molecule has 1 aliphatic heterocycles. The molecule has 9 nitrogen and oxygen atoms in total. The van der Waals surface area contributed by atoms with Crippen molar-refractivity contribution >= 4 is 21.8 Å². The number of aromatic nitrogens is 1. The summed E-state index contributed by atoms with van der Waals surface area (Å²) in [4.78, 5) is 24.6. The van der Waals surface area contributed by atoms with E-state index in [9.17, 15) is 18.0 Å². The van der Waals surface area contributed by atoms with Gasteiger partial charge in [0, 0.05) is 26.3 Å². The Hall–Kier alpha value is -2.85. The summed E-state index contributed by atoms with van der Waals surface area (Å²) in [5.41, 5.74) is 6.61. The molecule has 31 heavy (non-hydrogen) atoms. The average molecular weight is 449 g/mol. The van der Waals surface area contributed by atoms with Gasteiger partial charge in [-0.2, -0.15) is 4.31 Å². The minimum atomic E-state index is -3.65. The number of nitrogens with zero attached hydrogens (tertiary/aromatic N) is 2. The van der Waals surface area contributed by atoms with Crippen LogP contribution in [-0.4, -0.2) is 48.8 Å². The van der Waals surface area contributed by atoms with Gasteiger partial charge in [0.25, 0.3) is 11.8 Å². The van der Waals surface area contributed by atoms with Crippen LogP contribution >= 0.6 is 0 Å². The molecule has 10 heteroatoms. The quantitative estimate of drug-likeness (QED) is 0.653. The number of piperidine rings is 1. The Bertz CT molecular complexity index is 1070. The van der Waals surface area contributed by atoms with Gasteiger partial charge in [-0.25, -0.2) is 8.42 Å². The molecule has 1 aromatic heterocycles. The van der Waals surface area contributed by atoms with Gasteiger partial charge in [-0.05, 0) is 49.9 Å². The number of hydrogen-bond acceptors (Lipinski definition) is 5. The number of rotatable bonds is 6. The van der Waals surface area contributed by atoms with Crippen LogP contribution in [-0.2, 0) is 21.9 Å². The molecule has 168 valence electrons. The first kappa shape index (κ1) is 22.8. The molecule has 3 rings (SSSR count). The zero-order chi connectivity index (χ0) is 22.6. The lowest BCUT2D eigenvalue weighted by Crippen LogP contribution is -2.44. The summed E-state index contributed by atoms with van der Waals surface area (Å²) in [5.74, 6) is -0.566. The first-order valence-corrected chi connectivity index (χ1v) is 11.6. The number of nitrogens with one attached hydrogen (secondary N) is 2. The number of hydrazine groups is 1. The molecule has 0 aliphatic carbocycles. The van der Waals surface area contributed by atoms with E-state index in [2.05, 4.69) is 10.9 Å². The lowest BCUT2D eigenvalue weighted by Gasteiger charge is -2.25. The van der Waals surface area contributed by atoms with Crippen molar-refractivity contribution in [1.29, 1.82) is 0 Å². The van der Waals surface area contributed by atoms with Crippen LogP contribution in [0.5, 0.6) is 5.75 Å².